The van der Waals surface area contributed by atoms with Gasteiger partial charge in [0.2, 0.25) is 0 Å². The molecule has 0 atom stereocenters. The maximum absolute atomic E-state index is 12.2. The molecule has 96 valence electrons. The number of pyridine rings is 1. The summed E-state index contributed by atoms with van der Waals surface area (Å²) >= 11 is 5.78. The molecule has 0 N–H and O–H groups in total. The van der Waals surface area contributed by atoms with E-state index in [9.17, 15) is 14.4 Å². The molecule has 0 aliphatic rings. The van der Waals surface area contributed by atoms with E-state index in [0.717, 1.165) is 0 Å². The van der Waals surface area contributed by atoms with E-state index in [4.69, 9.17) is 11.6 Å². The van der Waals surface area contributed by atoms with Gasteiger partial charge < -0.3 is 0 Å². The summed E-state index contributed by atoms with van der Waals surface area (Å²) in [4.78, 5) is 34.5. The topological polar surface area (TPSA) is 56.1 Å². The molecule has 1 heterocycles. The molecule has 1 aromatic heterocycles. The van der Waals surface area contributed by atoms with E-state index in [2.05, 4.69) is 0 Å². The Bertz CT molecular complexity index is 702. The van der Waals surface area contributed by atoms with Crippen molar-refractivity contribution in [3.63, 3.8) is 0 Å². The summed E-state index contributed by atoms with van der Waals surface area (Å²) in [6.07, 6.45) is 1.99. The van der Waals surface area contributed by atoms with Crippen LogP contribution < -0.4 is 5.56 Å². The highest BCUT2D eigenvalue weighted by Crippen LogP contribution is 2.13. The van der Waals surface area contributed by atoms with Crippen LogP contribution in [0.3, 0.4) is 0 Å². The number of aldehydes is 1. The van der Waals surface area contributed by atoms with Crippen molar-refractivity contribution in [3.8, 4) is 5.69 Å². The van der Waals surface area contributed by atoms with E-state index in [1.54, 1.807) is 24.3 Å². The summed E-state index contributed by atoms with van der Waals surface area (Å²) in [6.45, 7) is 1.29. The smallest absolute Gasteiger partial charge is 0.265 e. The zero-order valence-electron chi connectivity index (χ0n) is 10.1. The number of nitrogens with zero attached hydrogens (tertiary/aromatic N) is 1. The molecule has 0 radical (unpaired) electrons. The third-order valence-corrected chi connectivity index (χ3v) is 2.91. The van der Waals surface area contributed by atoms with Crippen molar-refractivity contribution in [2.75, 3.05) is 0 Å². The molecule has 0 saturated carbocycles. The summed E-state index contributed by atoms with van der Waals surface area (Å²) in [5.74, 6) is -0.378. The van der Waals surface area contributed by atoms with Crippen molar-refractivity contribution in [2.24, 2.45) is 0 Å². The molecule has 0 amide bonds. The Morgan fingerprint density at radius 2 is 1.89 bits per heavy atom. The van der Waals surface area contributed by atoms with Crippen LogP contribution in [0.4, 0.5) is 0 Å². The molecule has 0 spiro atoms. The fourth-order valence-electron chi connectivity index (χ4n) is 1.71. The normalized spacial score (nSPS) is 10.2. The number of hydrogen-bond donors (Lipinski definition) is 0. The van der Waals surface area contributed by atoms with Crippen molar-refractivity contribution in [1.29, 1.82) is 0 Å². The largest absolute Gasteiger partial charge is 0.298 e. The Labute approximate surface area is 114 Å². The van der Waals surface area contributed by atoms with E-state index >= 15 is 0 Å². The number of halogens is 1. The van der Waals surface area contributed by atoms with Gasteiger partial charge in [-0.25, -0.2) is 0 Å². The van der Waals surface area contributed by atoms with Crippen LogP contribution >= 0.6 is 11.6 Å². The van der Waals surface area contributed by atoms with Gasteiger partial charge >= 0.3 is 0 Å². The van der Waals surface area contributed by atoms with Gasteiger partial charge in [-0.3, -0.25) is 19.0 Å². The monoisotopic (exact) mass is 275 g/mol. The van der Waals surface area contributed by atoms with Crippen LogP contribution in [0.2, 0.25) is 5.02 Å². The zero-order valence-corrected chi connectivity index (χ0v) is 10.8. The predicted molar refractivity (Wildman–Crippen MR) is 72.4 cm³/mol. The number of Topliss-reactive ketones (excluding diaryl/α,β-unsaturated/α-hetero) is 1. The first-order valence-electron chi connectivity index (χ1n) is 5.51. The second-order valence-corrected chi connectivity index (χ2v) is 4.45. The first-order valence-corrected chi connectivity index (χ1v) is 5.89. The van der Waals surface area contributed by atoms with E-state index in [-0.39, 0.29) is 16.9 Å². The van der Waals surface area contributed by atoms with E-state index < -0.39 is 5.56 Å². The third kappa shape index (κ3) is 2.63. The van der Waals surface area contributed by atoms with Crippen molar-refractivity contribution < 1.29 is 9.59 Å². The number of rotatable bonds is 3. The quantitative estimate of drug-likeness (QED) is 0.639. The molecular formula is C14H10ClNO3. The minimum absolute atomic E-state index is 0.0143. The standard InChI is InChI=1S/C14H10ClNO3/c1-9(18)13-6-10(8-17)7-16(14(13)19)12-4-2-11(15)3-5-12/h2-8H,1H3. The molecule has 2 aromatic rings. The molecule has 0 aliphatic carbocycles. The van der Waals surface area contributed by atoms with Crippen molar-refractivity contribution in [2.45, 2.75) is 6.92 Å². The highest BCUT2D eigenvalue weighted by atomic mass is 35.5. The lowest BCUT2D eigenvalue weighted by atomic mass is 10.1. The van der Waals surface area contributed by atoms with Crippen molar-refractivity contribution in [1.82, 2.24) is 4.57 Å². The van der Waals surface area contributed by atoms with Gasteiger partial charge in [-0.2, -0.15) is 0 Å². The number of benzene rings is 1. The Morgan fingerprint density at radius 3 is 2.42 bits per heavy atom. The molecule has 0 unspecified atom stereocenters. The van der Waals surface area contributed by atoms with Gasteiger partial charge in [0.05, 0.1) is 5.56 Å². The first kappa shape index (κ1) is 13.2. The molecule has 19 heavy (non-hydrogen) atoms. The van der Waals surface area contributed by atoms with Gasteiger partial charge in [0.1, 0.15) is 0 Å². The molecule has 1 aromatic carbocycles. The number of aromatic nitrogens is 1. The maximum atomic E-state index is 12.2. The minimum Gasteiger partial charge on any atom is -0.298 e. The molecule has 4 nitrogen and oxygen atoms in total. The third-order valence-electron chi connectivity index (χ3n) is 2.66. The lowest BCUT2D eigenvalue weighted by molar-refractivity contribution is 0.101. The highest BCUT2D eigenvalue weighted by Gasteiger charge is 2.11. The SMILES string of the molecule is CC(=O)c1cc(C=O)cn(-c2ccc(Cl)cc2)c1=O. The Hall–Kier alpha value is -2.20. The Morgan fingerprint density at radius 1 is 1.26 bits per heavy atom. The van der Waals surface area contributed by atoms with Gasteiger partial charge in [-0.15, -0.1) is 0 Å². The summed E-state index contributed by atoms with van der Waals surface area (Å²) in [7, 11) is 0. The Balaban J connectivity index is 2.72. The number of carbonyl (C=O) groups excluding carboxylic acids is 2. The van der Waals surface area contributed by atoms with Crippen LogP contribution in [0.15, 0.2) is 41.3 Å². The summed E-state index contributed by atoms with van der Waals surface area (Å²) in [6, 6.07) is 7.84. The molecule has 0 aliphatic heterocycles. The van der Waals surface area contributed by atoms with Gasteiger partial charge in [-0.05, 0) is 37.3 Å². The lowest BCUT2D eigenvalue weighted by Gasteiger charge is -2.08. The fourth-order valence-corrected chi connectivity index (χ4v) is 1.84. The first-order chi connectivity index (χ1) is 9.02. The second-order valence-electron chi connectivity index (χ2n) is 4.01. The van der Waals surface area contributed by atoms with Crippen molar-refractivity contribution >= 4 is 23.7 Å². The van der Waals surface area contributed by atoms with Crippen molar-refractivity contribution in [3.05, 3.63) is 63.0 Å². The van der Waals surface area contributed by atoms with Crippen LogP contribution in [0.1, 0.15) is 27.6 Å². The van der Waals surface area contributed by atoms with Crippen LogP contribution in [0.25, 0.3) is 5.69 Å². The average Bonchev–Trinajstić information content (AvgIpc) is 2.40. The van der Waals surface area contributed by atoms with Crippen LogP contribution in [-0.4, -0.2) is 16.6 Å². The average molecular weight is 276 g/mol. The molecule has 2 rings (SSSR count). The molecule has 0 saturated heterocycles. The van der Waals surface area contributed by atoms with Gasteiger partial charge in [0, 0.05) is 22.5 Å². The molecule has 0 bridgehead atoms. The number of ketones is 1. The number of carbonyl (C=O) groups is 2. The summed E-state index contributed by atoms with van der Waals surface area (Å²) in [5, 5.41) is 0.537. The van der Waals surface area contributed by atoms with Crippen LogP contribution in [0.5, 0.6) is 0 Å². The highest BCUT2D eigenvalue weighted by molar-refractivity contribution is 6.30. The Kier molecular flexibility index (Phi) is 3.62. The van der Waals surface area contributed by atoms with Gasteiger partial charge in [-0.1, -0.05) is 11.6 Å². The maximum Gasteiger partial charge on any atom is 0.265 e. The second kappa shape index (κ2) is 5.20. The lowest BCUT2D eigenvalue weighted by Crippen LogP contribution is -2.24. The minimum atomic E-state index is -0.458. The predicted octanol–water partition coefficient (Wildman–Crippen LogP) is 2.51. The van der Waals surface area contributed by atoms with Crippen LogP contribution in [-0.2, 0) is 0 Å². The molecular weight excluding hydrogens is 266 g/mol. The van der Waals surface area contributed by atoms with Gasteiger partial charge in [0.25, 0.3) is 5.56 Å². The summed E-state index contributed by atoms with van der Waals surface area (Å²) < 4.78 is 1.26. The summed E-state index contributed by atoms with van der Waals surface area (Å²) in [5.41, 5.74) is 0.334. The van der Waals surface area contributed by atoms with E-state index in [1.807, 2.05) is 0 Å². The molecule has 0 fully saturated rings. The van der Waals surface area contributed by atoms with E-state index in [0.29, 0.717) is 17.0 Å². The van der Waals surface area contributed by atoms with Gasteiger partial charge in [0.15, 0.2) is 12.1 Å². The zero-order chi connectivity index (χ0) is 14.0. The van der Waals surface area contributed by atoms with Crippen LogP contribution in [0, 0.1) is 0 Å². The fraction of sp³-hybridized carbons (Fsp3) is 0.0714. The molecule has 5 heteroatoms. The number of hydrogen-bond acceptors (Lipinski definition) is 3. The van der Waals surface area contributed by atoms with E-state index in [1.165, 1.54) is 23.8 Å².